The highest BCUT2D eigenvalue weighted by molar-refractivity contribution is 5.80. The van der Waals surface area contributed by atoms with Crippen molar-refractivity contribution < 1.29 is 0 Å². The van der Waals surface area contributed by atoms with Gasteiger partial charge in [0.15, 0.2) is 11.3 Å². The summed E-state index contributed by atoms with van der Waals surface area (Å²) in [6, 6.07) is 31.8. The maximum Gasteiger partial charge on any atom is 0.181 e. The molecular weight excluding hydrogens is 879 g/mol. The fraction of sp³-hybridized carbons (Fsp3) is 0.137. The summed E-state index contributed by atoms with van der Waals surface area (Å²) in [5.41, 5.74) is 8.20. The molecule has 70 heavy (non-hydrogen) atoms. The van der Waals surface area contributed by atoms with Crippen LogP contribution in [0.1, 0.15) is 0 Å². The maximum absolute atomic E-state index is 4.23. The molecule has 0 saturated heterocycles. The van der Waals surface area contributed by atoms with E-state index in [1.54, 1.807) is 46.5 Å². The van der Waals surface area contributed by atoms with Crippen molar-refractivity contribution in [2.24, 2.45) is 49.3 Å². The number of nitrogens with zero attached hydrogens (tertiary/aromatic N) is 19. The number of benzene rings is 2. The van der Waals surface area contributed by atoms with E-state index in [1.165, 1.54) is 16.3 Å². The molecule has 0 aliphatic rings. The third-order valence-corrected chi connectivity index (χ3v) is 10.7. The highest BCUT2D eigenvalue weighted by Gasteiger charge is 2.00. The first-order chi connectivity index (χ1) is 34.1. The summed E-state index contributed by atoms with van der Waals surface area (Å²) in [6.45, 7) is 0. The minimum absolute atomic E-state index is 0.810. The molecule has 350 valence electrons. The van der Waals surface area contributed by atoms with Crippen LogP contribution in [-0.2, 0) is 49.3 Å². The zero-order valence-corrected chi connectivity index (χ0v) is 39.8. The van der Waals surface area contributed by atoms with Gasteiger partial charge in [0.2, 0.25) is 0 Å². The first-order valence-corrected chi connectivity index (χ1v) is 22.0. The second-order valence-corrected chi connectivity index (χ2v) is 15.7. The van der Waals surface area contributed by atoms with Gasteiger partial charge in [0.25, 0.3) is 0 Å². The Morgan fingerprint density at radius 2 is 0.829 bits per heavy atom. The van der Waals surface area contributed by atoms with Crippen LogP contribution in [0.5, 0.6) is 0 Å². The van der Waals surface area contributed by atoms with E-state index in [0.29, 0.717) is 0 Å². The van der Waals surface area contributed by atoms with E-state index >= 15 is 0 Å². The molecular formula is C51H51N19. The Balaban J connectivity index is 0.000000110. The van der Waals surface area contributed by atoms with Crippen LogP contribution in [0, 0.1) is 0 Å². The lowest BCUT2D eigenvalue weighted by atomic mass is 10.3. The molecule has 0 unspecified atom stereocenters. The third kappa shape index (κ3) is 11.7. The monoisotopic (exact) mass is 929 g/mol. The first kappa shape index (κ1) is 47.0. The Hall–Kier alpha value is -9.52. The zero-order chi connectivity index (χ0) is 48.8. The van der Waals surface area contributed by atoms with E-state index in [4.69, 9.17) is 0 Å². The lowest BCUT2D eigenvalue weighted by molar-refractivity contribution is 0.776. The fourth-order valence-electron chi connectivity index (χ4n) is 7.13. The van der Waals surface area contributed by atoms with Crippen LogP contribution in [0.3, 0.4) is 0 Å². The van der Waals surface area contributed by atoms with Gasteiger partial charge in [0.1, 0.15) is 5.52 Å². The molecule has 2 aromatic carbocycles. The van der Waals surface area contributed by atoms with Crippen molar-refractivity contribution in [1.82, 2.24) is 93.4 Å². The van der Waals surface area contributed by atoms with Crippen LogP contribution < -0.4 is 0 Å². The van der Waals surface area contributed by atoms with Gasteiger partial charge in [-0.05, 0) is 60.7 Å². The summed E-state index contributed by atoms with van der Waals surface area (Å²) in [4.78, 5) is 20.3. The van der Waals surface area contributed by atoms with Crippen LogP contribution in [0.15, 0.2) is 184 Å². The van der Waals surface area contributed by atoms with Gasteiger partial charge in [-0.2, -0.15) is 35.7 Å². The first-order valence-electron chi connectivity index (χ1n) is 22.0. The van der Waals surface area contributed by atoms with Gasteiger partial charge in [-0.3, -0.25) is 47.7 Å². The molecule has 12 aromatic heterocycles. The Morgan fingerprint density at radius 1 is 0.314 bits per heavy atom. The van der Waals surface area contributed by atoms with Crippen molar-refractivity contribution in [3.05, 3.63) is 184 Å². The molecule has 0 aliphatic heterocycles. The lowest BCUT2D eigenvalue weighted by Crippen LogP contribution is -1.89. The molecule has 0 bridgehead atoms. The quantitative estimate of drug-likeness (QED) is 0.143. The van der Waals surface area contributed by atoms with Gasteiger partial charge < -0.3 is 0 Å². The van der Waals surface area contributed by atoms with E-state index in [-0.39, 0.29) is 0 Å². The third-order valence-electron chi connectivity index (χ3n) is 10.7. The largest absolute Gasteiger partial charge is 0.275 e. The van der Waals surface area contributed by atoms with Gasteiger partial charge in [0.05, 0.1) is 64.8 Å². The number of fused-ring (bicyclic) bond motifs is 7. The fourth-order valence-corrected chi connectivity index (χ4v) is 7.13. The standard InChI is InChI=1S/2C8H8N2.5C7H7N3/c1-10-6-7-4-2-3-5-8(7)9-10;1-10-8-5-3-2-4-7(8)6-9-10;1-10-7-2-3-8-4-6(7)5-9-10;1-10-7-5-8-3-2-6(7)4-9-10;1-10-7-3-2-4-8-6(7)5-9-10;1-10-5-6-3-2-4-8-7(6)9-10;1-10-7-6(5-9-10)3-2-4-8-7/h2*2-6H,1H3;5*2-5H,1H3. The molecule has 0 atom stereocenters. The topological polar surface area (TPSA) is 189 Å². The van der Waals surface area contributed by atoms with Crippen LogP contribution in [0.2, 0.25) is 0 Å². The Bertz CT molecular complexity index is 3280. The summed E-state index contributed by atoms with van der Waals surface area (Å²) in [6.07, 6.45) is 25.5. The Morgan fingerprint density at radius 3 is 1.54 bits per heavy atom. The number of para-hydroxylation sites is 1. The molecule has 19 heteroatoms. The number of hydrogen-bond acceptors (Lipinski definition) is 12. The van der Waals surface area contributed by atoms with E-state index in [0.717, 1.165) is 60.4 Å². The van der Waals surface area contributed by atoms with E-state index < -0.39 is 0 Å². The number of rotatable bonds is 0. The molecule has 0 spiro atoms. The SMILES string of the molecule is Cn1cc2ccccc2n1.Cn1cc2cccnc2n1.Cn1ncc2ccccc21.Cn1ncc2cccnc21.Cn1ncc2ccncc21.Cn1ncc2cnccc21.Cn1ncc2ncccc21. The molecule has 0 saturated carbocycles. The highest BCUT2D eigenvalue weighted by atomic mass is 15.3. The van der Waals surface area contributed by atoms with Gasteiger partial charge >= 0.3 is 0 Å². The van der Waals surface area contributed by atoms with E-state index in [2.05, 4.69) is 78.8 Å². The van der Waals surface area contributed by atoms with E-state index in [9.17, 15) is 0 Å². The van der Waals surface area contributed by atoms with Crippen LogP contribution >= 0.6 is 0 Å². The minimum atomic E-state index is 0.810. The molecule has 12 heterocycles. The average Bonchev–Trinajstić information content (AvgIpc) is 4.29. The lowest BCUT2D eigenvalue weighted by Gasteiger charge is -1.90. The number of pyridine rings is 5. The summed E-state index contributed by atoms with van der Waals surface area (Å²) < 4.78 is 12.7. The van der Waals surface area contributed by atoms with Gasteiger partial charge in [-0.25, -0.2) is 9.97 Å². The van der Waals surface area contributed by atoms with Crippen LogP contribution in [0.25, 0.3) is 76.7 Å². The van der Waals surface area contributed by atoms with Crippen molar-refractivity contribution in [1.29, 1.82) is 0 Å². The predicted molar refractivity (Wildman–Crippen MR) is 274 cm³/mol. The highest BCUT2D eigenvalue weighted by Crippen LogP contribution is 2.13. The summed E-state index contributed by atoms with van der Waals surface area (Å²) >= 11 is 0. The van der Waals surface area contributed by atoms with Crippen LogP contribution in [-0.4, -0.2) is 93.4 Å². The van der Waals surface area contributed by atoms with Gasteiger partial charge in [-0.1, -0.05) is 36.4 Å². The molecule has 14 rings (SSSR count). The van der Waals surface area contributed by atoms with Crippen molar-refractivity contribution >= 4 is 76.7 Å². The van der Waals surface area contributed by atoms with Crippen molar-refractivity contribution in [3.63, 3.8) is 0 Å². The second kappa shape index (κ2) is 22.3. The smallest absolute Gasteiger partial charge is 0.181 e. The zero-order valence-electron chi connectivity index (χ0n) is 39.8. The molecule has 0 radical (unpaired) electrons. The average molecular weight is 930 g/mol. The molecule has 19 nitrogen and oxygen atoms in total. The minimum Gasteiger partial charge on any atom is -0.275 e. The summed E-state index contributed by atoms with van der Waals surface area (Å²) in [5.74, 6) is 0. The number of aryl methyl sites for hydroxylation is 7. The normalized spacial score (nSPS) is 10.5. The van der Waals surface area contributed by atoms with E-state index in [1.807, 2.05) is 201 Å². The number of aromatic nitrogens is 19. The summed E-state index contributed by atoms with van der Waals surface area (Å²) in [5, 5.41) is 35.5. The molecule has 14 aromatic rings. The molecule has 0 N–H and O–H groups in total. The number of hydrogen-bond donors (Lipinski definition) is 0. The van der Waals surface area contributed by atoms with Crippen molar-refractivity contribution in [3.8, 4) is 0 Å². The Kier molecular flexibility index (Phi) is 15.0. The van der Waals surface area contributed by atoms with Gasteiger partial charge in [-0.15, -0.1) is 0 Å². The molecule has 0 amide bonds. The molecule has 0 fully saturated rings. The van der Waals surface area contributed by atoms with Crippen LogP contribution in [0.4, 0.5) is 0 Å². The van der Waals surface area contributed by atoms with Crippen molar-refractivity contribution in [2.45, 2.75) is 0 Å². The van der Waals surface area contributed by atoms with Gasteiger partial charge in [0, 0.05) is 131 Å². The maximum atomic E-state index is 4.23. The molecule has 0 aliphatic carbocycles. The second-order valence-electron chi connectivity index (χ2n) is 15.7. The summed E-state index contributed by atoms with van der Waals surface area (Å²) in [7, 11) is 13.4. The Labute approximate surface area is 401 Å². The van der Waals surface area contributed by atoms with Crippen molar-refractivity contribution in [2.75, 3.05) is 0 Å². The predicted octanol–water partition coefficient (Wildman–Crippen LogP) is 7.99.